The van der Waals surface area contributed by atoms with Crippen LogP contribution in [0.1, 0.15) is 11.1 Å². The zero-order chi connectivity index (χ0) is 12.2. The van der Waals surface area contributed by atoms with Crippen LogP contribution in [0, 0.1) is 18.3 Å². The monoisotopic (exact) mass is 238 g/mol. The standard InChI is InChI=1S/C11H14N2O2S/c1-9-3-4-10(8-12)7-11(9)13-5-6-16(2,14)15/h3-4,7,13H,5-6H2,1-2H3. The fourth-order valence-corrected chi connectivity index (χ4v) is 1.73. The maximum Gasteiger partial charge on any atom is 0.149 e. The predicted octanol–water partition coefficient (Wildman–Crippen LogP) is 1.32. The molecule has 1 aromatic rings. The number of hydrogen-bond donors (Lipinski definition) is 1. The van der Waals surface area contributed by atoms with Gasteiger partial charge in [-0.15, -0.1) is 0 Å². The SMILES string of the molecule is Cc1ccc(C#N)cc1NCCS(C)(=O)=O. The van der Waals surface area contributed by atoms with Gasteiger partial charge in [-0.25, -0.2) is 8.42 Å². The van der Waals surface area contributed by atoms with E-state index < -0.39 is 9.84 Å². The van der Waals surface area contributed by atoms with E-state index >= 15 is 0 Å². The lowest BCUT2D eigenvalue weighted by Crippen LogP contribution is -2.14. The third-order valence-corrected chi connectivity index (χ3v) is 3.10. The zero-order valence-corrected chi connectivity index (χ0v) is 10.1. The molecule has 4 nitrogen and oxygen atoms in total. The Bertz CT molecular complexity index is 515. The van der Waals surface area contributed by atoms with Crippen LogP contribution < -0.4 is 5.32 Å². The first-order valence-corrected chi connectivity index (χ1v) is 6.91. The lowest BCUT2D eigenvalue weighted by Gasteiger charge is -2.08. The molecule has 0 atom stereocenters. The van der Waals surface area contributed by atoms with Gasteiger partial charge in [0.2, 0.25) is 0 Å². The van der Waals surface area contributed by atoms with Crippen LogP contribution in [-0.4, -0.2) is 27.0 Å². The average molecular weight is 238 g/mol. The van der Waals surface area contributed by atoms with Crippen LogP contribution in [-0.2, 0) is 9.84 Å². The summed E-state index contributed by atoms with van der Waals surface area (Å²) in [5.41, 5.74) is 2.36. The van der Waals surface area contributed by atoms with Crippen molar-refractivity contribution < 1.29 is 8.42 Å². The fraction of sp³-hybridized carbons (Fsp3) is 0.364. The maximum atomic E-state index is 10.9. The van der Waals surface area contributed by atoms with Crippen molar-refractivity contribution in [3.63, 3.8) is 0 Å². The molecule has 0 amide bonds. The van der Waals surface area contributed by atoms with Crippen molar-refractivity contribution in [3.8, 4) is 6.07 Å². The minimum atomic E-state index is -2.95. The van der Waals surface area contributed by atoms with Crippen LogP contribution in [0.15, 0.2) is 18.2 Å². The van der Waals surface area contributed by atoms with E-state index in [0.29, 0.717) is 12.1 Å². The Balaban J connectivity index is 2.71. The van der Waals surface area contributed by atoms with Gasteiger partial charge in [-0.2, -0.15) is 5.26 Å². The van der Waals surface area contributed by atoms with Gasteiger partial charge in [-0.1, -0.05) is 6.07 Å². The van der Waals surface area contributed by atoms with E-state index in [0.717, 1.165) is 11.3 Å². The highest BCUT2D eigenvalue weighted by atomic mass is 32.2. The van der Waals surface area contributed by atoms with Crippen molar-refractivity contribution >= 4 is 15.5 Å². The number of sulfone groups is 1. The van der Waals surface area contributed by atoms with E-state index in [-0.39, 0.29) is 5.75 Å². The van der Waals surface area contributed by atoms with Crippen molar-refractivity contribution in [2.75, 3.05) is 23.9 Å². The summed E-state index contributed by atoms with van der Waals surface area (Å²) in [5, 5.41) is 11.7. The van der Waals surface area contributed by atoms with Crippen LogP contribution in [0.25, 0.3) is 0 Å². The normalized spacial score (nSPS) is 10.8. The average Bonchev–Trinajstić information content (AvgIpc) is 2.19. The van der Waals surface area contributed by atoms with Gasteiger partial charge in [0.15, 0.2) is 0 Å². The van der Waals surface area contributed by atoms with E-state index in [9.17, 15) is 8.42 Å². The second-order valence-electron chi connectivity index (χ2n) is 3.70. The quantitative estimate of drug-likeness (QED) is 0.859. The molecule has 0 bridgehead atoms. The molecule has 0 aromatic heterocycles. The van der Waals surface area contributed by atoms with E-state index in [1.165, 1.54) is 6.26 Å². The lowest BCUT2D eigenvalue weighted by atomic mass is 10.1. The smallest absolute Gasteiger partial charge is 0.149 e. The summed E-state index contributed by atoms with van der Waals surface area (Å²) in [4.78, 5) is 0. The van der Waals surface area contributed by atoms with Crippen molar-refractivity contribution in [2.45, 2.75) is 6.92 Å². The van der Waals surface area contributed by atoms with Crippen molar-refractivity contribution in [3.05, 3.63) is 29.3 Å². The number of rotatable bonds is 4. The van der Waals surface area contributed by atoms with Gasteiger partial charge in [0.25, 0.3) is 0 Å². The van der Waals surface area contributed by atoms with Gasteiger partial charge < -0.3 is 5.32 Å². The van der Waals surface area contributed by atoms with E-state index in [1.807, 2.05) is 19.1 Å². The highest BCUT2D eigenvalue weighted by Crippen LogP contribution is 2.15. The van der Waals surface area contributed by atoms with Crippen LogP contribution >= 0.6 is 0 Å². The van der Waals surface area contributed by atoms with Gasteiger partial charge in [0, 0.05) is 18.5 Å². The van der Waals surface area contributed by atoms with Crippen LogP contribution in [0.4, 0.5) is 5.69 Å². The summed E-state index contributed by atoms with van der Waals surface area (Å²) in [6, 6.07) is 7.33. The molecule has 0 unspecified atom stereocenters. The number of anilines is 1. The largest absolute Gasteiger partial charge is 0.384 e. The highest BCUT2D eigenvalue weighted by Gasteiger charge is 2.03. The maximum absolute atomic E-state index is 10.9. The van der Waals surface area contributed by atoms with E-state index in [2.05, 4.69) is 5.32 Å². The van der Waals surface area contributed by atoms with Crippen LogP contribution in [0.5, 0.6) is 0 Å². The number of nitriles is 1. The molecule has 5 heteroatoms. The molecule has 1 rings (SSSR count). The molecular weight excluding hydrogens is 224 g/mol. The predicted molar refractivity (Wildman–Crippen MR) is 64.1 cm³/mol. The number of benzene rings is 1. The first kappa shape index (κ1) is 12.5. The van der Waals surface area contributed by atoms with Gasteiger partial charge >= 0.3 is 0 Å². The molecule has 0 spiro atoms. The first-order valence-electron chi connectivity index (χ1n) is 4.85. The minimum Gasteiger partial charge on any atom is -0.384 e. The fourth-order valence-electron chi connectivity index (χ4n) is 1.25. The van der Waals surface area contributed by atoms with Gasteiger partial charge in [-0.3, -0.25) is 0 Å². The topological polar surface area (TPSA) is 70.0 Å². The molecule has 16 heavy (non-hydrogen) atoms. The number of aryl methyl sites for hydroxylation is 1. The summed E-state index contributed by atoms with van der Waals surface area (Å²) in [6.45, 7) is 2.26. The Labute approximate surface area is 95.8 Å². The molecule has 0 aliphatic heterocycles. The molecular formula is C11H14N2O2S. The molecule has 0 radical (unpaired) electrons. The summed E-state index contributed by atoms with van der Waals surface area (Å²) < 4.78 is 21.9. The van der Waals surface area contributed by atoms with Crippen LogP contribution in [0.3, 0.4) is 0 Å². The molecule has 1 aromatic carbocycles. The molecule has 0 fully saturated rings. The Morgan fingerprint density at radius 1 is 1.44 bits per heavy atom. The minimum absolute atomic E-state index is 0.0865. The third kappa shape index (κ3) is 3.91. The Morgan fingerprint density at radius 3 is 2.69 bits per heavy atom. The molecule has 0 heterocycles. The lowest BCUT2D eigenvalue weighted by molar-refractivity contribution is 0.602. The Hall–Kier alpha value is -1.54. The molecule has 0 saturated heterocycles. The molecule has 1 N–H and O–H groups in total. The van der Waals surface area contributed by atoms with Gasteiger partial charge in [0.05, 0.1) is 17.4 Å². The van der Waals surface area contributed by atoms with Crippen LogP contribution in [0.2, 0.25) is 0 Å². The third-order valence-electron chi connectivity index (χ3n) is 2.15. The number of hydrogen-bond acceptors (Lipinski definition) is 4. The molecule has 0 aliphatic rings. The summed E-state index contributed by atoms with van der Waals surface area (Å²) in [6.07, 6.45) is 1.20. The number of nitrogens with one attached hydrogen (secondary N) is 1. The van der Waals surface area contributed by atoms with E-state index in [1.54, 1.807) is 12.1 Å². The number of nitrogens with zero attached hydrogens (tertiary/aromatic N) is 1. The van der Waals surface area contributed by atoms with Crippen molar-refractivity contribution in [2.24, 2.45) is 0 Å². The second-order valence-corrected chi connectivity index (χ2v) is 5.96. The van der Waals surface area contributed by atoms with E-state index in [4.69, 9.17) is 5.26 Å². The molecule has 86 valence electrons. The summed E-state index contributed by atoms with van der Waals surface area (Å²) >= 11 is 0. The van der Waals surface area contributed by atoms with Gasteiger partial charge in [-0.05, 0) is 24.6 Å². The van der Waals surface area contributed by atoms with Crippen molar-refractivity contribution in [1.29, 1.82) is 5.26 Å². The molecule has 0 aliphatic carbocycles. The molecule has 0 saturated carbocycles. The first-order chi connectivity index (χ1) is 7.42. The van der Waals surface area contributed by atoms with Crippen molar-refractivity contribution in [1.82, 2.24) is 0 Å². The summed E-state index contributed by atoms with van der Waals surface area (Å²) in [7, 11) is -2.95. The second kappa shape index (κ2) is 4.99. The van der Waals surface area contributed by atoms with Gasteiger partial charge in [0.1, 0.15) is 9.84 Å². The highest BCUT2D eigenvalue weighted by molar-refractivity contribution is 7.90. The Kier molecular flexibility index (Phi) is 3.91. The Morgan fingerprint density at radius 2 is 2.12 bits per heavy atom. The summed E-state index contributed by atoms with van der Waals surface area (Å²) in [5.74, 6) is 0.0865. The zero-order valence-electron chi connectivity index (χ0n) is 9.32.